The molecule has 3 aromatic rings. The van der Waals surface area contributed by atoms with Gasteiger partial charge in [-0.1, -0.05) is 7.43 Å². The van der Waals surface area contributed by atoms with Crippen molar-refractivity contribution in [3.8, 4) is 5.75 Å². The molecule has 3 rings (SSSR count). The van der Waals surface area contributed by atoms with E-state index < -0.39 is 6.09 Å². The number of aromatic nitrogens is 3. The van der Waals surface area contributed by atoms with Gasteiger partial charge in [-0.15, -0.1) is 0 Å². The van der Waals surface area contributed by atoms with Gasteiger partial charge in [-0.25, -0.2) is 19.7 Å². The molecular formula is C21H28N6O3. The van der Waals surface area contributed by atoms with Crippen LogP contribution in [0.3, 0.4) is 0 Å². The number of ether oxygens (including phenoxy) is 2. The van der Waals surface area contributed by atoms with Crippen molar-refractivity contribution in [2.75, 3.05) is 36.7 Å². The summed E-state index contributed by atoms with van der Waals surface area (Å²) in [5.41, 5.74) is 9.69. The van der Waals surface area contributed by atoms with Gasteiger partial charge in [-0.2, -0.15) is 0 Å². The summed E-state index contributed by atoms with van der Waals surface area (Å²) in [5.74, 6) is 1.26. The van der Waals surface area contributed by atoms with E-state index in [9.17, 15) is 4.79 Å². The van der Waals surface area contributed by atoms with Crippen LogP contribution in [0.4, 0.5) is 22.1 Å². The number of methoxy groups -OCH3 is 1. The average molecular weight is 412 g/mol. The summed E-state index contributed by atoms with van der Waals surface area (Å²) in [4.78, 5) is 27.1. The zero-order valence-electron chi connectivity index (χ0n) is 16.9. The van der Waals surface area contributed by atoms with Gasteiger partial charge in [-0.3, -0.25) is 5.32 Å². The number of benzene rings is 1. The van der Waals surface area contributed by atoms with Gasteiger partial charge in [0.25, 0.3) is 0 Å². The van der Waals surface area contributed by atoms with E-state index in [4.69, 9.17) is 15.2 Å². The minimum Gasteiger partial charge on any atom is -0.497 e. The van der Waals surface area contributed by atoms with E-state index in [1.54, 1.807) is 20.1 Å². The Morgan fingerprint density at radius 1 is 1.20 bits per heavy atom. The molecule has 0 atom stereocenters. The minimum atomic E-state index is -0.596. The van der Waals surface area contributed by atoms with Gasteiger partial charge in [0, 0.05) is 18.8 Å². The second kappa shape index (κ2) is 9.73. The monoisotopic (exact) mass is 412 g/mol. The summed E-state index contributed by atoms with van der Waals surface area (Å²) in [5, 5.41) is 2.53. The maximum absolute atomic E-state index is 11.6. The maximum Gasteiger partial charge on any atom is 0.412 e. The smallest absolute Gasteiger partial charge is 0.412 e. The number of pyridine rings is 1. The van der Waals surface area contributed by atoms with Crippen molar-refractivity contribution >= 4 is 34.4 Å². The van der Waals surface area contributed by atoms with Crippen molar-refractivity contribution in [3.05, 3.63) is 41.7 Å². The van der Waals surface area contributed by atoms with Crippen LogP contribution in [0.5, 0.6) is 5.75 Å². The molecule has 0 saturated carbocycles. The van der Waals surface area contributed by atoms with Crippen LogP contribution in [-0.2, 0) is 11.3 Å². The predicted molar refractivity (Wildman–Crippen MR) is 119 cm³/mol. The SMILES string of the molecule is C.CCOC(=O)Nc1cc2nc(C)c(CN(C)c3ccc(OC)cc3)nc2c(N)n1. The number of nitrogen functional groups attached to an aromatic ring is 1. The highest BCUT2D eigenvalue weighted by Gasteiger charge is 2.14. The van der Waals surface area contributed by atoms with Crippen LogP contribution < -0.4 is 20.7 Å². The van der Waals surface area contributed by atoms with E-state index in [2.05, 4.69) is 25.2 Å². The topological polar surface area (TPSA) is 115 Å². The number of nitrogens with one attached hydrogen (secondary N) is 1. The molecule has 30 heavy (non-hydrogen) atoms. The highest BCUT2D eigenvalue weighted by molar-refractivity contribution is 5.91. The van der Waals surface area contributed by atoms with Gasteiger partial charge in [0.1, 0.15) is 17.1 Å². The molecule has 1 aromatic carbocycles. The molecule has 2 aromatic heterocycles. The highest BCUT2D eigenvalue weighted by Crippen LogP contribution is 2.24. The number of carbonyl (C=O) groups excluding carboxylic acids is 1. The first kappa shape index (κ1) is 22.7. The molecule has 0 aliphatic heterocycles. The Kier molecular flexibility index (Phi) is 7.35. The Hall–Kier alpha value is -3.62. The zero-order chi connectivity index (χ0) is 21.0. The predicted octanol–water partition coefficient (Wildman–Crippen LogP) is 3.76. The van der Waals surface area contributed by atoms with E-state index >= 15 is 0 Å². The lowest BCUT2D eigenvalue weighted by atomic mass is 10.2. The number of carbonyl (C=O) groups is 1. The first-order chi connectivity index (χ1) is 13.9. The fourth-order valence-corrected chi connectivity index (χ4v) is 2.84. The van der Waals surface area contributed by atoms with Gasteiger partial charge >= 0.3 is 6.09 Å². The standard InChI is InChI=1S/C20H24N6O3.CH4/c1-5-29-20(27)25-17-10-15-18(19(21)24-17)23-16(12(2)22-15)11-26(3)13-6-8-14(28-4)9-7-13;/h6-10H,5,11H2,1-4H3,(H3,21,24,25,27);1H4. The molecule has 0 spiro atoms. The van der Waals surface area contributed by atoms with Crippen molar-refractivity contribution in [1.82, 2.24) is 15.0 Å². The Morgan fingerprint density at radius 3 is 2.53 bits per heavy atom. The van der Waals surface area contributed by atoms with Crippen LogP contribution >= 0.6 is 0 Å². The first-order valence-corrected chi connectivity index (χ1v) is 9.14. The fraction of sp³-hybridized carbons (Fsp3) is 0.333. The largest absolute Gasteiger partial charge is 0.497 e. The summed E-state index contributed by atoms with van der Waals surface area (Å²) in [6.45, 7) is 4.42. The lowest BCUT2D eigenvalue weighted by Gasteiger charge is -2.20. The van der Waals surface area contributed by atoms with Gasteiger partial charge in [-0.05, 0) is 38.1 Å². The van der Waals surface area contributed by atoms with Crippen molar-refractivity contribution in [1.29, 1.82) is 0 Å². The molecular weight excluding hydrogens is 384 g/mol. The van der Waals surface area contributed by atoms with Crippen molar-refractivity contribution in [2.45, 2.75) is 27.8 Å². The second-order valence-electron chi connectivity index (χ2n) is 6.42. The van der Waals surface area contributed by atoms with E-state index in [0.29, 0.717) is 17.6 Å². The highest BCUT2D eigenvalue weighted by atomic mass is 16.5. The summed E-state index contributed by atoms with van der Waals surface area (Å²) < 4.78 is 10.1. The molecule has 2 heterocycles. The number of aryl methyl sites for hydroxylation is 1. The van der Waals surface area contributed by atoms with Gasteiger partial charge in [0.05, 0.1) is 37.2 Å². The second-order valence-corrected chi connectivity index (χ2v) is 6.42. The quantitative estimate of drug-likeness (QED) is 0.629. The molecule has 160 valence electrons. The minimum absolute atomic E-state index is 0. The number of fused-ring (bicyclic) bond motifs is 1. The first-order valence-electron chi connectivity index (χ1n) is 9.14. The van der Waals surface area contributed by atoms with E-state index in [-0.39, 0.29) is 25.7 Å². The van der Waals surface area contributed by atoms with Crippen molar-refractivity contribution in [3.63, 3.8) is 0 Å². The molecule has 0 radical (unpaired) electrons. The van der Waals surface area contributed by atoms with E-state index in [1.165, 1.54) is 0 Å². The summed E-state index contributed by atoms with van der Waals surface area (Å²) >= 11 is 0. The Bertz CT molecular complexity index is 1020. The number of anilines is 3. The Labute approximate surface area is 176 Å². The van der Waals surface area contributed by atoms with E-state index in [0.717, 1.165) is 22.8 Å². The number of nitrogens with two attached hydrogens (primary N) is 1. The van der Waals surface area contributed by atoms with Crippen molar-refractivity contribution in [2.24, 2.45) is 0 Å². The molecule has 0 unspecified atom stereocenters. The van der Waals surface area contributed by atoms with Gasteiger partial charge in [0.2, 0.25) is 0 Å². The average Bonchev–Trinajstić information content (AvgIpc) is 2.69. The van der Waals surface area contributed by atoms with Crippen LogP contribution in [0.15, 0.2) is 30.3 Å². The third kappa shape index (κ3) is 5.05. The number of amides is 1. The third-order valence-corrected chi connectivity index (χ3v) is 4.36. The molecule has 0 bridgehead atoms. The molecule has 0 saturated heterocycles. The Morgan fingerprint density at radius 2 is 1.90 bits per heavy atom. The van der Waals surface area contributed by atoms with Gasteiger partial charge < -0.3 is 20.1 Å². The van der Waals surface area contributed by atoms with Crippen LogP contribution in [0.1, 0.15) is 25.7 Å². The fourth-order valence-electron chi connectivity index (χ4n) is 2.84. The maximum atomic E-state index is 11.6. The molecule has 0 aliphatic rings. The van der Waals surface area contributed by atoms with E-state index in [1.807, 2.05) is 38.2 Å². The molecule has 9 nitrogen and oxygen atoms in total. The molecule has 0 aliphatic carbocycles. The Balaban J connectivity index is 0.00000320. The number of hydrogen-bond donors (Lipinski definition) is 2. The van der Waals surface area contributed by atoms with Crippen LogP contribution in [0.25, 0.3) is 11.0 Å². The summed E-state index contributed by atoms with van der Waals surface area (Å²) in [6.07, 6.45) is -0.596. The summed E-state index contributed by atoms with van der Waals surface area (Å²) in [6, 6.07) is 9.40. The molecule has 1 amide bonds. The van der Waals surface area contributed by atoms with Crippen LogP contribution in [-0.4, -0.2) is 41.8 Å². The zero-order valence-corrected chi connectivity index (χ0v) is 16.9. The van der Waals surface area contributed by atoms with Gasteiger partial charge in [0.15, 0.2) is 5.82 Å². The van der Waals surface area contributed by atoms with Crippen molar-refractivity contribution < 1.29 is 14.3 Å². The molecule has 3 N–H and O–H groups in total. The lowest BCUT2D eigenvalue weighted by molar-refractivity contribution is 0.168. The number of rotatable bonds is 6. The lowest BCUT2D eigenvalue weighted by Crippen LogP contribution is -2.19. The third-order valence-electron chi connectivity index (χ3n) is 4.36. The van der Waals surface area contributed by atoms with Crippen LogP contribution in [0, 0.1) is 6.92 Å². The molecule has 9 heteroatoms. The normalized spacial score (nSPS) is 10.3. The van der Waals surface area contributed by atoms with Crippen LogP contribution in [0.2, 0.25) is 0 Å². The number of nitrogens with zero attached hydrogens (tertiary/aromatic N) is 4. The molecule has 0 fully saturated rings. The number of hydrogen-bond acceptors (Lipinski definition) is 8. The summed E-state index contributed by atoms with van der Waals surface area (Å²) in [7, 11) is 3.61.